The van der Waals surface area contributed by atoms with Crippen molar-refractivity contribution in [3.63, 3.8) is 0 Å². The first kappa shape index (κ1) is 12.9. The van der Waals surface area contributed by atoms with Crippen molar-refractivity contribution in [2.75, 3.05) is 0 Å². The number of hydrogen-bond donors (Lipinski definition) is 2. The number of carboxylic acid groups (broad SMARTS) is 1. The number of hydrogen-bond acceptors (Lipinski definition) is 4. The molecule has 3 N–H and O–H groups in total. The lowest BCUT2D eigenvalue weighted by atomic mass is 10.2. The molecule has 0 bridgehead atoms. The molecule has 1 unspecified atom stereocenters. The monoisotopic (exact) mass is 286 g/mol. The first-order chi connectivity index (χ1) is 8.49. The fraction of sp³-hybridized carbons (Fsp3) is 0.0909. The molecule has 18 heavy (non-hydrogen) atoms. The van der Waals surface area contributed by atoms with E-state index in [1.807, 2.05) is 0 Å². The highest BCUT2D eigenvalue weighted by molar-refractivity contribution is 7.13. The van der Waals surface area contributed by atoms with Crippen LogP contribution in [0.5, 0.6) is 0 Å². The van der Waals surface area contributed by atoms with Crippen LogP contribution in [0.25, 0.3) is 10.6 Å². The van der Waals surface area contributed by atoms with Gasteiger partial charge in [-0.2, -0.15) is 0 Å². The number of aliphatic carboxylic acids is 1. The Hall–Kier alpha value is -1.50. The summed E-state index contributed by atoms with van der Waals surface area (Å²) < 4.78 is 13.3. The van der Waals surface area contributed by atoms with E-state index in [9.17, 15) is 9.18 Å². The zero-order chi connectivity index (χ0) is 13.3. The molecule has 1 aromatic heterocycles. The van der Waals surface area contributed by atoms with Gasteiger partial charge in [0.25, 0.3) is 0 Å². The van der Waals surface area contributed by atoms with Crippen molar-refractivity contribution in [3.8, 4) is 10.6 Å². The van der Waals surface area contributed by atoms with Gasteiger partial charge in [0.15, 0.2) is 0 Å². The van der Waals surface area contributed by atoms with Crippen molar-refractivity contribution < 1.29 is 14.3 Å². The van der Waals surface area contributed by atoms with Crippen molar-refractivity contribution in [2.24, 2.45) is 5.73 Å². The predicted molar refractivity (Wildman–Crippen MR) is 67.1 cm³/mol. The summed E-state index contributed by atoms with van der Waals surface area (Å²) in [5.41, 5.74) is 6.21. The number of benzene rings is 1. The van der Waals surface area contributed by atoms with Crippen molar-refractivity contribution >= 4 is 28.9 Å². The summed E-state index contributed by atoms with van der Waals surface area (Å²) in [6.07, 6.45) is 0. The largest absolute Gasteiger partial charge is 0.480 e. The second kappa shape index (κ2) is 5.01. The number of nitrogens with zero attached hydrogens (tertiary/aromatic N) is 1. The van der Waals surface area contributed by atoms with Crippen LogP contribution in [0.2, 0.25) is 5.02 Å². The molecule has 0 fully saturated rings. The minimum absolute atomic E-state index is 0.0257. The van der Waals surface area contributed by atoms with Gasteiger partial charge in [-0.1, -0.05) is 17.7 Å². The van der Waals surface area contributed by atoms with Crippen LogP contribution in [0.3, 0.4) is 0 Å². The molecule has 0 saturated heterocycles. The third kappa shape index (κ3) is 2.50. The third-order valence-corrected chi connectivity index (χ3v) is 3.49. The van der Waals surface area contributed by atoms with E-state index in [1.165, 1.54) is 23.5 Å². The fourth-order valence-electron chi connectivity index (χ4n) is 1.32. The number of carboxylic acids is 1. The van der Waals surface area contributed by atoms with Crippen LogP contribution in [-0.2, 0) is 4.79 Å². The van der Waals surface area contributed by atoms with Crippen molar-refractivity contribution in [2.45, 2.75) is 6.04 Å². The Morgan fingerprint density at radius 3 is 2.89 bits per heavy atom. The summed E-state index contributed by atoms with van der Waals surface area (Å²) in [5, 5.41) is 10.8. The van der Waals surface area contributed by atoms with Gasteiger partial charge < -0.3 is 10.8 Å². The van der Waals surface area contributed by atoms with Crippen LogP contribution in [0.4, 0.5) is 4.39 Å². The molecular weight excluding hydrogens is 279 g/mol. The summed E-state index contributed by atoms with van der Waals surface area (Å²) in [6, 6.07) is 3.11. The summed E-state index contributed by atoms with van der Waals surface area (Å²) in [7, 11) is 0. The maximum absolute atomic E-state index is 13.3. The van der Waals surface area contributed by atoms with E-state index < -0.39 is 17.8 Å². The van der Waals surface area contributed by atoms with Crippen molar-refractivity contribution in [1.29, 1.82) is 0 Å². The first-order valence-corrected chi connectivity index (χ1v) is 6.14. The average Bonchev–Trinajstić information content (AvgIpc) is 2.81. The molecule has 0 aliphatic carbocycles. The molecule has 1 heterocycles. The van der Waals surface area contributed by atoms with Crippen LogP contribution in [0.15, 0.2) is 23.6 Å². The Morgan fingerprint density at radius 1 is 1.56 bits per heavy atom. The van der Waals surface area contributed by atoms with Crippen LogP contribution in [0.1, 0.15) is 11.7 Å². The van der Waals surface area contributed by atoms with Gasteiger partial charge in [-0.05, 0) is 12.1 Å². The molecule has 1 aromatic carbocycles. The summed E-state index contributed by atoms with van der Waals surface area (Å²) in [4.78, 5) is 14.8. The van der Waals surface area contributed by atoms with Crippen molar-refractivity contribution in [3.05, 3.63) is 40.1 Å². The Labute approximate surface area is 111 Å². The fourth-order valence-corrected chi connectivity index (χ4v) is 2.29. The zero-order valence-electron chi connectivity index (χ0n) is 8.93. The van der Waals surface area contributed by atoms with Gasteiger partial charge in [-0.15, -0.1) is 11.3 Å². The lowest BCUT2D eigenvalue weighted by molar-refractivity contribution is -0.138. The standard InChI is InChI=1S/C11H8ClFN2O2S/c12-6-2-1-5(3-7(6)13)10-15-8(4-18-10)9(14)11(16)17/h1-4,9H,14H2,(H,16,17). The molecule has 0 aliphatic heterocycles. The molecule has 0 radical (unpaired) electrons. The van der Waals surface area contributed by atoms with Gasteiger partial charge in [0.2, 0.25) is 0 Å². The average molecular weight is 287 g/mol. The second-order valence-electron chi connectivity index (χ2n) is 3.52. The first-order valence-electron chi connectivity index (χ1n) is 4.88. The smallest absolute Gasteiger partial charge is 0.326 e. The molecule has 94 valence electrons. The maximum Gasteiger partial charge on any atom is 0.326 e. The lowest BCUT2D eigenvalue weighted by Gasteiger charge is -2.01. The normalized spacial score (nSPS) is 12.4. The van der Waals surface area contributed by atoms with E-state index >= 15 is 0 Å². The van der Waals surface area contributed by atoms with Gasteiger partial charge >= 0.3 is 5.97 Å². The number of nitrogens with two attached hydrogens (primary N) is 1. The molecule has 1 atom stereocenters. The highest BCUT2D eigenvalue weighted by Gasteiger charge is 2.18. The minimum atomic E-state index is -1.17. The lowest BCUT2D eigenvalue weighted by Crippen LogP contribution is -2.20. The highest BCUT2D eigenvalue weighted by atomic mass is 35.5. The SMILES string of the molecule is NC(C(=O)O)c1csc(-c2ccc(Cl)c(F)c2)n1. The van der Waals surface area contributed by atoms with Gasteiger partial charge in [-0.3, -0.25) is 4.79 Å². The number of halogens is 2. The van der Waals surface area contributed by atoms with E-state index in [0.717, 1.165) is 0 Å². The van der Waals surface area contributed by atoms with Gasteiger partial charge in [0.1, 0.15) is 16.9 Å². The molecule has 7 heteroatoms. The molecule has 0 spiro atoms. The minimum Gasteiger partial charge on any atom is -0.480 e. The van der Waals surface area contributed by atoms with Crippen LogP contribution in [0, 0.1) is 5.82 Å². The summed E-state index contributed by atoms with van der Waals surface area (Å²) >= 11 is 6.77. The van der Waals surface area contributed by atoms with Crippen LogP contribution >= 0.6 is 22.9 Å². The predicted octanol–water partition coefficient (Wildman–Crippen LogP) is 2.69. The van der Waals surface area contributed by atoms with Crippen LogP contribution in [-0.4, -0.2) is 16.1 Å². The highest BCUT2D eigenvalue weighted by Crippen LogP contribution is 2.28. The third-order valence-electron chi connectivity index (χ3n) is 2.27. The summed E-state index contributed by atoms with van der Waals surface area (Å²) in [5.74, 6) is -1.71. The Morgan fingerprint density at radius 2 is 2.28 bits per heavy atom. The number of thiazole rings is 1. The number of aromatic nitrogens is 1. The van der Waals surface area contributed by atoms with E-state index in [1.54, 1.807) is 11.4 Å². The van der Waals surface area contributed by atoms with E-state index in [2.05, 4.69) is 4.98 Å². The Balaban J connectivity index is 2.35. The van der Waals surface area contributed by atoms with Crippen molar-refractivity contribution in [1.82, 2.24) is 4.98 Å². The van der Waals surface area contributed by atoms with E-state index in [4.69, 9.17) is 22.4 Å². The molecule has 2 aromatic rings. The zero-order valence-corrected chi connectivity index (χ0v) is 10.5. The Bertz CT molecular complexity index is 602. The Kier molecular flexibility index (Phi) is 3.60. The van der Waals surface area contributed by atoms with Gasteiger partial charge in [0.05, 0.1) is 10.7 Å². The van der Waals surface area contributed by atoms with Gasteiger partial charge in [0, 0.05) is 10.9 Å². The van der Waals surface area contributed by atoms with Crippen LogP contribution < -0.4 is 5.73 Å². The molecular formula is C11H8ClFN2O2S. The second-order valence-corrected chi connectivity index (χ2v) is 4.79. The quantitative estimate of drug-likeness (QED) is 0.909. The van der Waals surface area contributed by atoms with E-state index in [0.29, 0.717) is 10.6 Å². The molecule has 2 rings (SSSR count). The van der Waals surface area contributed by atoms with E-state index in [-0.39, 0.29) is 10.7 Å². The maximum atomic E-state index is 13.3. The topological polar surface area (TPSA) is 76.2 Å². The number of carbonyl (C=O) groups is 1. The summed E-state index contributed by atoms with van der Waals surface area (Å²) in [6.45, 7) is 0. The molecule has 0 aliphatic rings. The molecule has 4 nitrogen and oxygen atoms in total. The van der Waals surface area contributed by atoms with Gasteiger partial charge in [-0.25, -0.2) is 9.37 Å². The number of rotatable bonds is 3. The molecule has 0 saturated carbocycles. The molecule has 0 amide bonds.